The first-order valence-corrected chi connectivity index (χ1v) is 7.14. The van der Waals surface area contributed by atoms with E-state index in [4.69, 9.17) is 10.5 Å². The third-order valence-electron chi connectivity index (χ3n) is 3.72. The van der Waals surface area contributed by atoms with Crippen LogP contribution < -0.4 is 11.1 Å². The average Bonchev–Trinajstić information content (AvgIpc) is 2.50. The number of halogens is 1. The molecule has 1 atom stereocenters. The number of methoxy groups -OCH3 is 1. The summed E-state index contributed by atoms with van der Waals surface area (Å²) in [7, 11) is 1.50. The van der Waals surface area contributed by atoms with Gasteiger partial charge < -0.3 is 20.7 Å². The number of carbonyl (C=O) groups excluding carboxylic acids is 2. The van der Waals surface area contributed by atoms with E-state index in [2.05, 4.69) is 5.32 Å². The molecule has 0 spiro atoms. The maximum absolute atomic E-state index is 13.3. The molecule has 1 aliphatic rings. The Kier molecular flexibility index (Phi) is 5.32. The van der Waals surface area contributed by atoms with Gasteiger partial charge in [0.1, 0.15) is 5.82 Å². The third-order valence-corrected chi connectivity index (χ3v) is 3.72. The molecule has 7 heteroatoms. The Morgan fingerprint density at radius 2 is 2.27 bits per heavy atom. The van der Waals surface area contributed by atoms with E-state index in [1.54, 1.807) is 4.90 Å². The summed E-state index contributed by atoms with van der Waals surface area (Å²) in [6.07, 6.45) is 1.43. The molecule has 1 heterocycles. The first-order chi connectivity index (χ1) is 10.5. The number of amides is 3. The number of nitrogens with one attached hydrogen (secondary N) is 1. The highest BCUT2D eigenvalue weighted by molar-refractivity contribution is 5.90. The van der Waals surface area contributed by atoms with E-state index in [0.29, 0.717) is 30.8 Å². The van der Waals surface area contributed by atoms with Gasteiger partial charge in [-0.3, -0.25) is 4.79 Å². The number of likely N-dealkylation sites (tertiary alicyclic amines) is 1. The quantitative estimate of drug-likeness (QED) is 0.888. The highest BCUT2D eigenvalue weighted by Crippen LogP contribution is 2.21. The van der Waals surface area contributed by atoms with E-state index in [0.717, 1.165) is 6.42 Å². The molecule has 6 nitrogen and oxygen atoms in total. The van der Waals surface area contributed by atoms with Gasteiger partial charge in [-0.1, -0.05) is 0 Å². The molecule has 1 aromatic rings. The van der Waals surface area contributed by atoms with Gasteiger partial charge in [0.25, 0.3) is 0 Å². The number of nitrogens with two attached hydrogens (primary N) is 1. The van der Waals surface area contributed by atoms with Gasteiger partial charge in [-0.2, -0.15) is 0 Å². The zero-order valence-corrected chi connectivity index (χ0v) is 12.5. The molecule has 0 bridgehead atoms. The molecular weight excluding hydrogens is 289 g/mol. The van der Waals surface area contributed by atoms with Crippen LogP contribution in [0.15, 0.2) is 18.2 Å². The maximum Gasteiger partial charge on any atom is 0.321 e. The van der Waals surface area contributed by atoms with Crippen molar-refractivity contribution in [3.63, 3.8) is 0 Å². The van der Waals surface area contributed by atoms with Crippen molar-refractivity contribution < 1.29 is 18.7 Å². The Morgan fingerprint density at radius 3 is 2.95 bits per heavy atom. The molecule has 0 saturated carbocycles. The van der Waals surface area contributed by atoms with Crippen LogP contribution in [0.25, 0.3) is 0 Å². The fraction of sp³-hybridized carbons (Fsp3) is 0.467. The number of benzene rings is 1. The van der Waals surface area contributed by atoms with Crippen molar-refractivity contribution in [3.8, 4) is 0 Å². The summed E-state index contributed by atoms with van der Waals surface area (Å²) in [6, 6.07) is 3.77. The smallest absolute Gasteiger partial charge is 0.321 e. The van der Waals surface area contributed by atoms with Gasteiger partial charge in [-0.05, 0) is 31.0 Å². The lowest BCUT2D eigenvalue weighted by Gasteiger charge is -2.31. The number of primary amides is 1. The highest BCUT2D eigenvalue weighted by atomic mass is 19.1. The van der Waals surface area contributed by atoms with E-state index < -0.39 is 5.82 Å². The standard InChI is InChI=1S/C15H20FN3O3/c1-22-9-11-7-12(16)4-5-13(11)18-15(21)19-6-2-3-10(8-19)14(17)20/h4-5,7,10H,2-3,6,8-9H2,1H3,(H2,17,20)(H,18,21)/t10-/m0/s1. The molecule has 1 fully saturated rings. The van der Waals surface area contributed by atoms with Crippen LogP contribution in [0.1, 0.15) is 18.4 Å². The lowest BCUT2D eigenvalue weighted by molar-refractivity contribution is -0.123. The molecule has 0 unspecified atom stereocenters. The topological polar surface area (TPSA) is 84.7 Å². The number of hydrogen-bond acceptors (Lipinski definition) is 3. The van der Waals surface area contributed by atoms with E-state index in [1.807, 2.05) is 0 Å². The van der Waals surface area contributed by atoms with Crippen molar-refractivity contribution in [1.82, 2.24) is 4.90 Å². The molecule has 2 rings (SSSR count). The number of hydrogen-bond donors (Lipinski definition) is 2. The summed E-state index contributed by atoms with van der Waals surface area (Å²) in [5, 5.41) is 2.74. The molecule has 0 radical (unpaired) electrons. The zero-order valence-electron chi connectivity index (χ0n) is 12.5. The Morgan fingerprint density at radius 1 is 1.50 bits per heavy atom. The SMILES string of the molecule is COCc1cc(F)ccc1NC(=O)N1CCC[C@H](C(N)=O)C1. The van der Waals surface area contributed by atoms with Crippen molar-refractivity contribution >= 4 is 17.6 Å². The Bertz CT molecular complexity index is 565. The lowest BCUT2D eigenvalue weighted by Crippen LogP contribution is -2.45. The summed E-state index contributed by atoms with van der Waals surface area (Å²) in [5.74, 6) is -1.10. The number of rotatable bonds is 4. The van der Waals surface area contributed by atoms with E-state index in [-0.39, 0.29) is 24.5 Å². The molecule has 1 aromatic carbocycles. The first-order valence-electron chi connectivity index (χ1n) is 7.14. The fourth-order valence-corrected chi connectivity index (χ4v) is 2.55. The van der Waals surface area contributed by atoms with Gasteiger partial charge in [-0.25, -0.2) is 9.18 Å². The Labute approximate surface area is 128 Å². The number of piperidine rings is 1. The third kappa shape index (κ3) is 3.94. The van der Waals surface area contributed by atoms with Gasteiger partial charge in [0.2, 0.25) is 5.91 Å². The molecule has 0 aromatic heterocycles. The van der Waals surface area contributed by atoms with Crippen LogP contribution in [0.2, 0.25) is 0 Å². The molecule has 3 amide bonds. The largest absolute Gasteiger partial charge is 0.380 e. The first kappa shape index (κ1) is 16.2. The van der Waals surface area contributed by atoms with Crippen LogP contribution in [0, 0.1) is 11.7 Å². The summed E-state index contributed by atoms with van der Waals surface area (Å²) in [5.41, 5.74) is 6.36. The number of ether oxygens (including phenoxy) is 1. The summed E-state index contributed by atoms with van der Waals surface area (Å²) in [6.45, 7) is 1.07. The Balaban J connectivity index is 2.07. The van der Waals surface area contributed by atoms with Crippen molar-refractivity contribution in [2.45, 2.75) is 19.4 Å². The normalized spacial score (nSPS) is 18.1. The predicted octanol–water partition coefficient (Wildman–Crippen LogP) is 1.70. The van der Waals surface area contributed by atoms with E-state index in [1.165, 1.54) is 25.3 Å². The maximum atomic E-state index is 13.3. The molecule has 0 aliphatic carbocycles. The Hall–Kier alpha value is -2.15. The number of nitrogens with zero attached hydrogens (tertiary/aromatic N) is 1. The molecular formula is C15H20FN3O3. The fourth-order valence-electron chi connectivity index (χ4n) is 2.55. The highest BCUT2D eigenvalue weighted by Gasteiger charge is 2.27. The molecule has 1 aliphatic heterocycles. The minimum Gasteiger partial charge on any atom is -0.380 e. The van der Waals surface area contributed by atoms with E-state index in [9.17, 15) is 14.0 Å². The second-order valence-corrected chi connectivity index (χ2v) is 5.35. The predicted molar refractivity (Wildman–Crippen MR) is 79.6 cm³/mol. The van der Waals surface area contributed by atoms with Crippen LogP contribution in [-0.2, 0) is 16.1 Å². The van der Waals surface area contributed by atoms with Crippen LogP contribution >= 0.6 is 0 Å². The van der Waals surface area contributed by atoms with Gasteiger partial charge in [0.05, 0.1) is 12.5 Å². The van der Waals surface area contributed by atoms with Gasteiger partial charge in [-0.15, -0.1) is 0 Å². The number of anilines is 1. The molecule has 120 valence electrons. The zero-order chi connectivity index (χ0) is 16.1. The lowest BCUT2D eigenvalue weighted by atomic mass is 9.98. The summed E-state index contributed by atoms with van der Waals surface area (Å²) in [4.78, 5) is 25.1. The summed E-state index contributed by atoms with van der Waals surface area (Å²) < 4.78 is 18.3. The van der Waals surface area contributed by atoms with Crippen molar-refractivity contribution in [3.05, 3.63) is 29.6 Å². The second kappa shape index (κ2) is 7.22. The molecule has 1 saturated heterocycles. The van der Waals surface area contributed by atoms with Gasteiger partial charge >= 0.3 is 6.03 Å². The van der Waals surface area contributed by atoms with Crippen molar-refractivity contribution in [2.75, 3.05) is 25.5 Å². The minimum absolute atomic E-state index is 0.192. The minimum atomic E-state index is -0.392. The van der Waals surface area contributed by atoms with Gasteiger partial charge in [0, 0.05) is 31.5 Å². The number of carbonyl (C=O) groups is 2. The second-order valence-electron chi connectivity index (χ2n) is 5.35. The monoisotopic (exact) mass is 309 g/mol. The van der Waals surface area contributed by atoms with Crippen LogP contribution in [-0.4, -0.2) is 37.0 Å². The van der Waals surface area contributed by atoms with Gasteiger partial charge in [0.15, 0.2) is 0 Å². The average molecular weight is 309 g/mol. The van der Waals surface area contributed by atoms with Crippen LogP contribution in [0.3, 0.4) is 0 Å². The van der Waals surface area contributed by atoms with Crippen molar-refractivity contribution in [1.29, 1.82) is 0 Å². The van der Waals surface area contributed by atoms with E-state index >= 15 is 0 Å². The molecule has 3 N–H and O–H groups in total. The molecule has 22 heavy (non-hydrogen) atoms. The van der Waals surface area contributed by atoms with Crippen molar-refractivity contribution in [2.24, 2.45) is 11.7 Å². The van der Waals surface area contributed by atoms with Crippen LogP contribution in [0.4, 0.5) is 14.9 Å². The summed E-state index contributed by atoms with van der Waals surface area (Å²) >= 11 is 0. The van der Waals surface area contributed by atoms with Crippen LogP contribution in [0.5, 0.6) is 0 Å². The number of urea groups is 1.